The molecule has 0 saturated heterocycles. The van der Waals surface area contributed by atoms with Gasteiger partial charge in [-0.05, 0) is 59.7 Å². The summed E-state index contributed by atoms with van der Waals surface area (Å²) in [6, 6.07) is 17.9. The average Bonchev–Trinajstić information content (AvgIpc) is 2.86. The van der Waals surface area contributed by atoms with Gasteiger partial charge in [0.2, 0.25) is 15.9 Å². The third-order valence-electron chi connectivity index (χ3n) is 5.03. The minimum absolute atomic E-state index is 0.0568. The number of methoxy groups -OCH3 is 2. The second-order valence-corrected chi connectivity index (χ2v) is 9.40. The minimum Gasteiger partial charge on any atom is -0.497 e. The number of sulfonamides is 1. The SMILES string of the molecule is COc1cc(CNC(=O)c2ccc(CNS(=O)(=O)c3ccc(NC(C)=O)cc3)cc2)cc(OC)c1. The summed E-state index contributed by atoms with van der Waals surface area (Å²) in [5.74, 6) is 0.753. The van der Waals surface area contributed by atoms with Gasteiger partial charge >= 0.3 is 0 Å². The molecule has 0 heterocycles. The van der Waals surface area contributed by atoms with Gasteiger partial charge in [-0.15, -0.1) is 0 Å². The van der Waals surface area contributed by atoms with E-state index in [1.807, 2.05) is 12.1 Å². The van der Waals surface area contributed by atoms with Crippen molar-refractivity contribution in [1.29, 1.82) is 0 Å². The normalized spacial score (nSPS) is 10.9. The Kier molecular flexibility index (Phi) is 8.45. The molecule has 0 aliphatic heterocycles. The standard InChI is InChI=1S/C25H27N3O6S/c1-17(29)28-21-8-10-24(11-9-21)35(31,32)27-16-18-4-6-20(7-5-18)25(30)26-15-19-12-22(33-2)14-23(13-19)34-3/h4-14,27H,15-16H2,1-3H3,(H,26,30)(H,28,29). The molecule has 3 rings (SSSR count). The fraction of sp³-hybridized carbons (Fsp3) is 0.200. The van der Waals surface area contributed by atoms with Crippen LogP contribution in [0.5, 0.6) is 11.5 Å². The molecule has 2 amide bonds. The molecule has 0 bridgehead atoms. The van der Waals surface area contributed by atoms with Crippen molar-refractivity contribution >= 4 is 27.5 Å². The van der Waals surface area contributed by atoms with Crippen molar-refractivity contribution in [2.75, 3.05) is 19.5 Å². The maximum atomic E-state index is 12.5. The fourth-order valence-electron chi connectivity index (χ4n) is 3.21. The van der Waals surface area contributed by atoms with Crippen molar-refractivity contribution in [2.45, 2.75) is 24.9 Å². The molecular weight excluding hydrogens is 470 g/mol. The van der Waals surface area contributed by atoms with E-state index in [9.17, 15) is 18.0 Å². The molecule has 0 aliphatic rings. The Bertz CT molecular complexity index is 1270. The predicted molar refractivity (Wildman–Crippen MR) is 132 cm³/mol. The fourth-order valence-corrected chi connectivity index (χ4v) is 4.23. The Morgan fingerprint density at radius 2 is 1.40 bits per heavy atom. The monoisotopic (exact) mass is 497 g/mol. The van der Waals surface area contributed by atoms with E-state index < -0.39 is 10.0 Å². The number of benzene rings is 3. The second kappa shape index (κ2) is 11.5. The zero-order valence-corrected chi connectivity index (χ0v) is 20.4. The molecule has 10 heteroatoms. The smallest absolute Gasteiger partial charge is 0.251 e. The summed E-state index contributed by atoms with van der Waals surface area (Å²) in [6.07, 6.45) is 0. The largest absolute Gasteiger partial charge is 0.497 e. The van der Waals surface area contributed by atoms with Crippen molar-refractivity contribution in [3.63, 3.8) is 0 Å². The maximum Gasteiger partial charge on any atom is 0.251 e. The number of hydrogen-bond acceptors (Lipinski definition) is 6. The van der Waals surface area contributed by atoms with Gasteiger partial charge in [0.1, 0.15) is 11.5 Å². The number of anilines is 1. The van der Waals surface area contributed by atoms with Crippen LogP contribution in [0.3, 0.4) is 0 Å². The van der Waals surface area contributed by atoms with Crippen LogP contribution in [-0.2, 0) is 27.9 Å². The molecular formula is C25H27N3O6S. The highest BCUT2D eigenvalue weighted by Crippen LogP contribution is 2.22. The molecule has 0 aliphatic carbocycles. The van der Waals surface area contributed by atoms with Crippen LogP contribution in [0.25, 0.3) is 0 Å². The first-order chi connectivity index (χ1) is 16.7. The van der Waals surface area contributed by atoms with Crippen LogP contribution in [0, 0.1) is 0 Å². The number of rotatable bonds is 10. The Hall–Kier alpha value is -3.89. The van der Waals surface area contributed by atoms with E-state index in [2.05, 4.69) is 15.4 Å². The molecule has 0 atom stereocenters. The lowest BCUT2D eigenvalue weighted by Crippen LogP contribution is -2.24. The highest BCUT2D eigenvalue weighted by Gasteiger charge is 2.14. The number of nitrogens with one attached hydrogen (secondary N) is 3. The Balaban J connectivity index is 1.56. The van der Waals surface area contributed by atoms with E-state index in [4.69, 9.17) is 9.47 Å². The summed E-state index contributed by atoms with van der Waals surface area (Å²) in [7, 11) is -0.627. The highest BCUT2D eigenvalue weighted by molar-refractivity contribution is 7.89. The number of carbonyl (C=O) groups excluding carboxylic acids is 2. The third-order valence-corrected chi connectivity index (χ3v) is 6.45. The van der Waals surface area contributed by atoms with Gasteiger partial charge in [-0.25, -0.2) is 13.1 Å². The van der Waals surface area contributed by atoms with E-state index in [-0.39, 0.29) is 29.8 Å². The molecule has 0 unspecified atom stereocenters. The Morgan fingerprint density at radius 1 is 0.800 bits per heavy atom. The van der Waals surface area contributed by atoms with E-state index >= 15 is 0 Å². The van der Waals surface area contributed by atoms with Crippen LogP contribution >= 0.6 is 0 Å². The zero-order valence-electron chi connectivity index (χ0n) is 19.6. The van der Waals surface area contributed by atoms with Crippen LogP contribution in [-0.4, -0.2) is 34.5 Å². The van der Waals surface area contributed by atoms with Gasteiger partial charge < -0.3 is 20.1 Å². The Labute approximate surface area is 204 Å². The molecule has 3 N–H and O–H groups in total. The minimum atomic E-state index is -3.74. The van der Waals surface area contributed by atoms with E-state index in [1.54, 1.807) is 44.6 Å². The first-order valence-electron chi connectivity index (χ1n) is 10.7. The molecule has 3 aromatic rings. The molecule has 0 spiro atoms. The van der Waals surface area contributed by atoms with Crippen LogP contribution in [0.1, 0.15) is 28.4 Å². The predicted octanol–water partition coefficient (Wildman–Crippen LogP) is 3.07. The van der Waals surface area contributed by atoms with E-state index in [0.717, 1.165) is 5.56 Å². The van der Waals surface area contributed by atoms with Gasteiger partial charge in [0.25, 0.3) is 5.91 Å². The average molecular weight is 498 g/mol. The number of carbonyl (C=O) groups is 2. The summed E-state index contributed by atoms with van der Waals surface area (Å²) in [5.41, 5.74) is 2.47. The molecule has 0 fully saturated rings. The number of ether oxygens (including phenoxy) is 2. The summed E-state index contributed by atoms with van der Waals surface area (Å²) in [6.45, 7) is 1.72. The van der Waals surface area contributed by atoms with E-state index in [1.165, 1.54) is 31.2 Å². The highest BCUT2D eigenvalue weighted by atomic mass is 32.2. The molecule has 0 aromatic heterocycles. The Morgan fingerprint density at radius 3 is 1.94 bits per heavy atom. The molecule has 184 valence electrons. The van der Waals surface area contributed by atoms with Gasteiger partial charge in [-0.3, -0.25) is 9.59 Å². The number of hydrogen-bond donors (Lipinski definition) is 3. The van der Waals surface area contributed by atoms with Crippen molar-refractivity contribution in [3.8, 4) is 11.5 Å². The van der Waals surface area contributed by atoms with Crippen molar-refractivity contribution < 1.29 is 27.5 Å². The van der Waals surface area contributed by atoms with Crippen molar-refractivity contribution in [1.82, 2.24) is 10.0 Å². The van der Waals surface area contributed by atoms with Crippen LogP contribution in [0.4, 0.5) is 5.69 Å². The molecule has 35 heavy (non-hydrogen) atoms. The van der Waals surface area contributed by atoms with Crippen LogP contribution in [0.15, 0.2) is 71.6 Å². The molecule has 3 aromatic carbocycles. The van der Waals surface area contributed by atoms with Crippen LogP contribution < -0.4 is 24.8 Å². The van der Waals surface area contributed by atoms with Crippen molar-refractivity contribution in [2.24, 2.45) is 0 Å². The third kappa shape index (κ3) is 7.29. The molecule has 0 saturated carbocycles. The molecule has 0 radical (unpaired) electrons. The quantitative estimate of drug-likeness (QED) is 0.396. The second-order valence-electron chi connectivity index (χ2n) is 7.63. The first-order valence-corrected chi connectivity index (χ1v) is 12.1. The maximum absolute atomic E-state index is 12.5. The lowest BCUT2D eigenvalue weighted by atomic mass is 10.1. The zero-order chi connectivity index (χ0) is 25.4. The van der Waals surface area contributed by atoms with Crippen molar-refractivity contribution in [3.05, 3.63) is 83.4 Å². The lowest BCUT2D eigenvalue weighted by molar-refractivity contribution is -0.114. The van der Waals surface area contributed by atoms with E-state index in [0.29, 0.717) is 28.3 Å². The summed E-state index contributed by atoms with van der Waals surface area (Å²) in [5, 5.41) is 5.43. The molecule has 9 nitrogen and oxygen atoms in total. The summed E-state index contributed by atoms with van der Waals surface area (Å²) in [4.78, 5) is 23.7. The van der Waals surface area contributed by atoms with Crippen LogP contribution in [0.2, 0.25) is 0 Å². The van der Waals surface area contributed by atoms with Gasteiger partial charge in [0.15, 0.2) is 0 Å². The van der Waals surface area contributed by atoms with Gasteiger partial charge in [0, 0.05) is 37.3 Å². The lowest BCUT2D eigenvalue weighted by Gasteiger charge is -2.10. The topological polar surface area (TPSA) is 123 Å². The summed E-state index contributed by atoms with van der Waals surface area (Å²) >= 11 is 0. The first kappa shape index (κ1) is 25.7. The summed E-state index contributed by atoms with van der Waals surface area (Å²) < 4.78 is 38.1. The van der Waals surface area contributed by atoms with Gasteiger partial charge in [-0.2, -0.15) is 0 Å². The van der Waals surface area contributed by atoms with Gasteiger partial charge in [-0.1, -0.05) is 12.1 Å². The number of amides is 2. The van der Waals surface area contributed by atoms with Gasteiger partial charge in [0.05, 0.1) is 19.1 Å².